The zero-order valence-electron chi connectivity index (χ0n) is 17.6. The van der Waals surface area contributed by atoms with E-state index in [1.54, 1.807) is 60.5 Å². The second-order valence-electron chi connectivity index (χ2n) is 7.17. The second kappa shape index (κ2) is 8.97. The van der Waals surface area contributed by atoms with Crippen LogP contribution in [0.4, 0.5) is 26.2 Å². The van der Waals surface area contributed by atoms with Crippen LogP contribution in [0.25, 0.3) is 0 Å². The molecule has 0 saturated carbocycles. The van der Waals surface area contributed by atoms with Gasteiger partial charge in [-0.05, 0) is 60.5 Å². The van der Waals surface area contributed by atoms with Crippen LogP contribution < -0.4 is 25.0 Å². The van der Waals surface area contributed by atoms with Crippen LogP contribution in [0.3, 0.4) is 0 Å². The fourth-order valence-corrected chi connectivity index (χ4v) is 3.67. The summed E-state index contributed by atoms with van der Waals surface area (Å²) in [6, 6.07) is 16.2. The average Bonchev–Trinajstić information content (AvgIpc) is 3.24. The summed E-state index contributed by atoms with van der Waals surface area (Å²) in [7, 11) is 2.95. The highest BCUT2D eigenvalue weighted by atomic mass is 19.1. The molecule has 3 aromatic rings. The highest BCUT2D eigenvalue weighted by molar-refractivity contribution is 6.09. The number of rotatable bonds is 5. The van der Waals surface area contributed by atoms with E-state index in [2.05, 4.69) is 10.6 Å². The number of ether oxygens (including phenoxy) is 2. The number of benzene rings is 3. The first kappa shape index (κ1) is 21.2. The van der Waals surface area contributed by atoms with Crippen molar-refractivity contribution in [3.63, 3.8) is 0 Å². The van der Waals surface area contributed by atoms with Gasteiger partial charge in [0, 0.05) is 35.2 Å². The van der Waals surface area contributed by atoms with E-state index in [1.165, 1.54) is 19.2 Å². The zero-order valence-corrected chi connectivity index (χ0v) is 17.6. The Morgan fingerprint density at radius 3 is 2.38 bits per heavy atom. The molecule has 8 heteroatoms. The summed E-state index contributed by atoms with van der Waals surface area (Å²) in [5, 5.41) is 5.57. The number of anilines is 3. The largest absolute Gasteiger partial charge is 0.497 e. The van der Waals surface area contributed by atoms with Gasteiger partial charge in [0.25, 0.3) is 5.91 Å². The average molecular weight is 435 g/mol. The Balaban J connectivity index is 1.51. The van der Waals surface area contributed by atoms with Crippen molar-refractivity contribution in [1.82, 2.24) is 0 Å². The number of methoxy groups -OCH3 is 2. The van der Waals surface area contributed by atoms with Crippen LogP contribution >= 0.6 is 0 Å². The predicted molar refractivity (Wildman–Crippen MR) is 120 cm³/mol. The lowest BCUT2D eigenvalue weighted by Gasteiger charge is -2.19. The van der Waals surface area contributed by atoms with Gasteiger partial charge in [0.1, 0.15) is 5.75 Å². The van der Waals surface area contributed by atoms with Crippen molar-refractivity contribution in [3.05, 3.63) is 77.6 Å². The molecular weight excluding hydrogens is 413 g/mol. The first-order valence-electron chi connectivity index (χ1n) is 9.99. The van der Waals surface area contributed by atoms with Crippen molar-refractivity contribution in [1.29, 1.82) is 0 Å². The van der Waals surface area contributed by atoms with Gasteiger partial charge in [-0.1, -0.05) is 6.07 Å². The number of halogens is 1. The molecule has 0 aromatic heterocycles. The fourth-order valence-electron chi connectivity index (χ4n) is 3.67. The maximum atomic E-state index is 13.9. The summed E-state index contributed by atoms with van der Waals surface area (Å²) < 4.78 is 24.0. The Labute approximate surface area is 184 Å². The van der Waals surface area contributed by atoms with Crippen LogP contribution in [0, 0.1) is 5.82 Å². The third kappa shape index (κ3) is 4.20. The smallest absolute Gasteiger partial charge is 0.326 e. The number of hydrogen-bond donors (Lipinski definition) is 2. The van der Waals surface area contributed by atoms with Gasteiger partial charge >= 0.3 is 6.03 Å². The maximum Gasteiger partial charge on any atom is 0.326 e. The lowest BCUT2D eigenvalue weighted by atomic mass is 10.0. The molecule has 7 nitrogen and oxygen atoms in total. The number of amides is 3. The first-order valence-corrected chi connectivity index (χ1v) is 9.99. The van der Waals surface area contributed by atoms with Gasteiger partial charge in [0.05, 0.1) is 14.2 Å². The lowest BCUT2D eigenvalue weighted by Crippen LogP contribution is -2.33. The maximum absolute atomic E-state index is 13.9. The van der Waals surface area contributed by atoms with Gasteiger partial charge in [-0.25, -0.2) is 9.18 Å². The van der Waals surface area contributed by atoms with E-state index in [0.29, 0.717) is 41.3 Å². The fraction of sp³-hybridized carbons (Fsp3) is 0.167. The normalized spacial score (nSPS) is 12.2. The molecule has 0 unspecified atom stereocenters. The molecule has 0 atom stereocenters. The Bertz CT molecular complexity index is 1160. The quantitative estimate of drug-likeness (QED) is 0.609. The van der Waals surface area contributed by atoms with E-state index in [0.717, 1.165) is 5.56 Å². The van der Waals surface area contributed by atoms with Gasteiger partial charge in [0.15, 0.2) is 11.6 Å². The standard InChI is InChI=1S/C24H22FN3O4/c1-31-17-9-6-15(7-10-17)27-24(30)28-13-12-18-19(4-3-5-21(18)28)23(29)26-16-8-11-22(32-2)20(25)14-16/h3-11,14H,12-13H2,1-2H3,(H,26,29)(H,27,30). The third-order valence-corrected chi connectivity index (χ3v) is 5.27. The van der Waals surface area contributed by atoms with Gasteiger partial charge in [-0.3, -0.25) is 9.69 Å². The molecule has 2 N–H and O–H groups in total. The van der Waals surface area contributed by atoms with Crippen LogP contribution in [0.1, 0.15) is 15.9 Å². The Hall–Kier alpha value is -4.07. The first-order chi connectivity index (χ1) is 15.5. The van der Waals surface area contributed by atoms with Crippen LogP contribution in [0.2, 0.25) is 0 Å². The van der Waals surface area contributed by atoms with E-state index < -0.39 is 5.82 Å². The second-order valence-corrected chi connectivity index (χ2v) is 7.17. The van der Waals surface area contributed by atoms with Crippen molar-refractivity contribution in [2.75, 3.05) is 36.3 Å². The Kier molecular flexibility index (Phi) is 5.93. The van der Waals surface area contributed by atoms with Crippen molar-refractivity contribution >= 4 is 29.0 Å². The molecule has 0 radical (unpaired) electrons. The van der Waals surface area contributed by atoms with Crippen LogP contribution in [0.15, 0.2) is 60.7 Å². The molecule has 1 aliphatic heterocycles. The van der Waals surface area contributed by atoms with Crippen LogP contribution in [-0.4, -0.2) is 32.7 Å². The van der Waals surface area contributed by atoms with Gasteiger partial charge in [0.2, 0.25) is 0 Å². The summed E-state index contributed by atoms with van der Waals surface area (Å²) in [5.74, 6) is -0.141. The van der Waals surface area contributed by atoms with Crippen LogP contribution in [-0.2, 0) is 6.42 Å². The number of hydrogen-bond acceptors (Lipinski definition) is 4. The molecule has 0 spiro atoms. The van der Waals surface area contributed by atoms with E-state index in [-0.39, 0.29) is 17.7 Å². The van der Waals surface area contributed by atoms with E-state index in [9.17, 15) is 14.0 Å². The summed E-state index contributed by atoms with van der Waals surface area (Å²) in [6.45, 7) is 0.443. The number of nitrogens with one attached hydrogen (secondary N) is 2. The number of carbonyl (C=O) groups is 2. The summed E-state index contributed by atoms with van der Waals surface area (Å²) in [5.41, 5.74) is 2.84. The summed E-state index contributed by atoms with van der Waals surface area (Å²) in [6.07, 6.45) is 0.534. The molecule has 4 rings (SSSR count). The number of nitrogens with zero attached hydrogens (tertiary/aromatic N) is 1. The topological polar surface area (TPSA) is 79.9 Å². The highest BCUT2D eigenvalue weighted by Gasteiger charge is 2.28. The molecule has 3 aromatic carbocycles. The molecule has 3 amide bonds. The van der Waals surface area contributed by atoms with Gasteiger partial charge < -0.3 is 20.1 Å². The van der Waals surface area contributed by atoms with Gasteiger partial charge in [-0.15, -0.1) is 0 Å². The van der Waals surface area contributed by atoms with Crippen molar-refractivity contribution in [3.8, 4) is 11.5 Å². The zero-order chi connectivity index (χ0) is 22.7. The Morgan fingerprint density at radius 2 is 1.69 bits per heavy atom. The molecule has 0 fully saturated rings. The van der Waals surface area contributed by atoms with Crippen molar-refractivity contribution in [2.45, 2.75) is 6.42 Å². The Morgan fingerprint density at radius 1 is 0.938 bits per heavy atom. The molecule has 1 heterocycles. The SMILES string of the molecule is COc1ccc(NC(=O)N2CCc3c(C(=O)Nc4ccc(OC)c(F)c4)cccc32)cc1. The van der Waals surface area contributed by atoms with Gasteiger partial charge in [-0.2, -0.15) is 0 Å². The monoisotopic (exact) mass is 435 g/mol. The van der Waals surface area contributed by atoms with E-state index >= 15 is 0 Å². The molecule has 164 valence electrons. The molecule has 0 bridgehead atoms. The highest BCUT2D eigenvalue weighted by Crippen LogP contribution is 2.32. The minimum absolute atomic E-state index is 0.0992. The third-order valence-electron chi connectivity index (χ3n) is 5.27. The van der Waals surface area contributed by atoms with E-state index in [4.69, 9.17) is 9.47 Å². The van der Waals surface area contributed by atoms with E-state index in [1.807, 2.05) is 0 Å². The minimum atomic E-state index is -0.565. The van der Waals surface area contributed by atoms with Crippen molar-refractivity contribution in [2.24, 2.45) is 0 Å². The predicted octanol–water partition coefficient (Wildman–Crippen LogP) is 4.69. The van der Waals surface area contributed by atoms with Crippen molar-refractivity contribution < 1.29 is 23.5 Å². The summed E-state index contributed by atoms with van der Waals surface area (Å²) >= 11 is 0. The molecule has 0 saturated heterocycles. The van der Waals surface area contributed by atoms with Crippen LogP contribution in [0.5, 0.6) is 11.5 Å². The number of urea groups is 1. The summed E-state index contributed by atoms with van der Waals surface area (Å²) in [4.78, 5) is 27.3. The number of carbonyl (C=O) groups excluding carboxylic acids is 2. The molecular formula is C24H22FN3O4. The number of fused-ring (bicyclic) bond motifs is 1. The molecule has 0 aliphatic carbocycles. The lowest BCUT2D eigenvalue weighted by molar-refractivity contribution is 0.102. The molecule has 32 heavy (non-hydrogen) atoms. The molecule has 1 aliphatic rings. The minimum Gasteiger partial charge on any atom is -0.497 e.